The first-order valence-electron chi connectivity index (χ1n) is 18.1. The Labute approximate surface area is 293 Å². The fourth-order valence-corrected chi connectivity index (χ4v) is 10.6. The van der Waals surface area contributed by atoms with Crippen molar-refractivity contribution in [2.24, 2.45) is 17.8 Å². The minimum atomic E-state index is -0.594. The van der Waals surface area contributed by atoms with Crippen molar-refractivity contribution in [1.82, 2.24) is 14.8 Å². The highest BCUT2D eigenvalue weighted by molar-refractivity contribution is 5.91. The third kappa shape index (κ3) is 4.97. The molecule has 5 heterocycles. The van der Waals surface area contributed by atoms with Crippen molar-refractivity contribution in [3.8, 4) is 17.2 Å². The summed E-state index contributed by atoms with van der Waals surface area (Å²) in [6.45, 7) is 6.16. The van der Waals surface area contributed by atoms with Crippen molar-refractivity contribution < 1.29 is 34.0 Å². The molecule has 0 amide bonds. The van der Waals surface area contributed by atoms with Gasteiger partial charge in [-0.1, -0.05) is 37.6 Å². The van der Waals surface area contributed by atoms with Gasteiger partial charge in [0.2, 0.25) is 0 Å². The predicted molar refractivity (Wildman–Crippen MR) is 189 cm³/mol. The normalized spacial score (nSPS) is 32.2. The number of methoxy groups -OCH3 is 2. The number of aromatic nitrogens is 1. The monoisotopic (exact) mass is 683 g/mol. The number of rotatable bonds is 7. The molecule has 10 heteroatoms. The van der Waals surface area contributed by atoms with E-state index in [0.717, 1.165) is 68.6 Å². The number of hydrogen-bond donors (Lipinski definition) is 3. The molecule has 1 spiro atoms. The molecule has 2 fully saturated rings. The number of likely N-dealkylation sites (tertiary alicyclic amines) is 1. The van der Waals surface area contributed by atoms with Crippen LogP contribution in [0.3, 0.4) is 0 Å². The van der Waals surface area contributed by atoms with E-state index in [9.17, 15) is 15.0 Å². The van der Waals surface area contributed by atoms with Crippen molar-refractivity contribution in [2.75, 3.05) is 47.5 Å². The number of likely N-dealkylation sites (N-methyl/N-ethyl adjacent to an activating group) is 1. The summed E-state index contributed by atoms with van der Waals surface area (Å²) in [6.07, 6.45) is 10.0. The molecule has 3 N–H and O–H groups in total. The highest BCUT2D eigenvalue weighted by Crippen LogP contribution is 2.62. The number of aliphatic hydroxyl groups is 1. The van der Waals surface area contributed by atoms with Crippen LogP contribution in [0.5, 0.6) is 17.2 Å². The molecule has 9 rings (SSSR count). The smallest absolute Gasteiger partial charge is 0.293 e. The largest absolute Gasteiger partial charge is 0.504 e. The second kappa shape index (κ2) is 13.0. The molecule has 2 aliphatic carbocycles. The molecule has 2 saturated heterocycles. The number of ether oxygens (including phenoxy) is 4. The van der Waals surface area contributed by atoms with Gasteiger partial charge in [0, 0.05) is 58.2 Å². The first-order valence-corrected chi connectivity index (χ1v) is 18.1. The van der Waals surface area contributed by atoms with Crippen LogP contribution in [0.1, 0.15) is 54.6 Å². The Kier molecular flexibility index (Phi) is 8.60. The number of aromatic amines is 1. The second-order valence-corrected chi connectivity index (χ2v) is 14.9. The molecule has 50 heavy (non-hydrogen) atoms. The van der Waals surface area contributed by atoms with E-state index in [-0.39, 0.29) is 17.3 Å². The lowest BCUT2D eigenvalue weighted by molar-refractivity contribution is -0.128. The Morgan fingerprint density at radius 2 is 2.04 bits per heavy atom. The number of piperidine rings is 2. The van der Waals surface area contributed by atoms with E-state index in [2.05, 4.69) is 40.9 Å². The summed E-state index contributed by atoms with van der Waals surface area (Å²) in [7, 11) is 5.58. The Morgan fingerprint density at radius 3 is 2.82 bits per heavy atom. The van der Waals surface area contributed by atoms with E-state index >= 15 is 0 Å². The van der Waals surface area contributed by atoms with E-state index in [1.807, 2.05) is 24.3 Å². The van der Waals surface area contributed by atoms with E-state index in [4.69, 9.17) is 18.9 Å². The summed E-state index contributed by atoms with van der Waals surface area (Å²) in [6, 6.07) is 10.7. The predicted octanol–water partition coefficient (Wildman–Crippen LogP) is 5.02. The average Bonchev–Trinajstić information content (AvgIpc) is 3.70. The van der Waals surface area contributed by atoms with Crippen LogP contribution in [0.25, 0.3) is 10.9 Å². The van der Waals surface area contributed by atoms with Gasteiger partial charge in [0.1, 0.15) is 24.6 Å². The van der Waals surface area contributed by atoms with Crippen LogP contribution in [0.2, 0.25) is 0 Å². The molecule has 2 bridgehead atoms. The molecule has 4 aliphatic heterocycles. The molecule has 3 aromatic rings. The number of aliphatic hydroxyl groups excluding tert-OH is 1. The molecule has 6 aliphatic rings. The number of nitrogens with zero attached hydrogens (tertiary/aromatic N) is 2. The molecule has 1 aromatic heterocycles. The quantitative estimate of drug-likeness (QED) is 0.179. The number of aromatic hydroxyl groups is 1. The molecule has 0 unspecified atom stereocenters. The Morgan fingerprint density at radius 1 is 1.18 bits per heavy atom. The van der Waals surface area contributed by atoms with E-state index < -0.39 is 6.10 Å². The molecule has 8 atom stereocenters. The summed E-state index contributed by atoms with van der Waals surface area (Å²) < 4.78 is 22.2. The first kappa shape index (κ1) is 33.2. The number of nitrogens with one attached hydrogen (secondary N) is 1. The van der Waals surface area contributed by atoms with Gasteiger partial charge >= 0.3 is 0 Å². The summed E-state index contributed by atoms with van der Waals surface area (Å²) >= 11 is 0. The van der Waals surface area contributed by atoms with Crippen molar-refractivity contribution in [3.05, 3.63) is 76.7 Å². The Hall–Kier alpha value is -3.99. The summed E-state index contributed by atoms with van der Waals surface area (Å²) in [5.74, 6) is 2.96. The van der Waals surface area contributed by atoms with Gasteiger partial charge in [0.05, 0.1) is 26.5 Å². The SMILES string of the molecule is CC[C@@H]1CN2CCc3c([nH]c4cccc(OC)c34)[C@@H]2C[C@@H]1/C(=C\OC)COC=O.CN1CC[C@]23c4c5ccc(O)c4O[C@H]2[C@@H](O)C=C[C@H]3[C@H]1C5. The maximum Gasteiger partial charge on any atom is 0.293 e. The number of H-pyrrole nitrogens is 1. The van der Waals surface area contributed by atoms with E-state index in [1.54, 1.807) is 26.5 Å². The topological polar surface area (TPSA) is 117 Å². The van der Waals surface area contributed by atoms with Gasteiger partial charge in [-0.2, -0.15) is 0 Å². The summed E-state index contributed by atoms with van der Waals surface area (Å²) in [5, 5.41) is 21.9. The number of fused-ring (bicyclic) bond motifs is 5. The highest BCUT2D eigenvalue weighted by atomic mass is 16.5. The third-order valence-electron chi connectivity index (χ3n) is 12.8. The summed E-state index contributed by atoms with van der Waals surface area (Å²) in [5.41, 5.74) is 7.18. The number of carbonyl (C=O) groups excluding carboxylic acids is 1. The maximum atomic E-state index is 10.8. The number of benzene rings is 2. The molecule has 266 valence electrons. The Balaban J connectivity index is 0.000000151. The van der Waals surface area contributed by atoms with Gasteiger partial charge in [-0.15, -0.1) is 0 Å². The lowest BCUT2D eigenvalue weighted by atomic mass is 9.53. The first-order chi connectivity index (χ1) is 24.3. The molecular weight excluding hydrogens is 634 g/mol. The number of hydrogen-bond acceptors (Lipinski definition) is 9. The van der Waals surface area contributed by atoms with Crippen LogP contribution in [0.4, 0.5) is 0 Å². The van der Waals surface area contributed by atoms with Crippen molar-refractivity contribution in [3.63, 3.8) is 0 Å². The molecule has 0 saturated carbocycles. The number of phenolic OH excluding ortho intramolecular Hbond substituents is 1. The zero-order valence-corrected chi connectivity index (χ0v) is 29.4. The van der Waals surface area contributed by atoms with Gasteiger partial charge in [0.15, 0.2) is 11.5 Å². The molecule has 2 aromatic carbocycles. The minimum absolute atomic E-state index is 0.160. The van der Waals surface area contributed by atoms with Gasteiger partial charge in [0.25, 0.3) is 6.47 Å². The van der Waals surface area contributed by atoms with Crippen LogP contribution in [0.15, 0.2) is 54.3 Å². The highest BCUT2D eigenvalue weighted by Gasteiger charge is 2.64. The minimum Gasteiger partial charge on any atom is -0.504 e. The average molecular weight is 684 g/mol. The van der Waals surface area contributed by atoms with E-state index in [1.165, 1.54) is 27.8 Å². The van der Waals surface area contributed by atoms with Crippen LogP contribution < -0.4 is 9.47 Å². The van der Waals surface area contributed by atoms with Crippen molar-refractivity contribution in [1.29, 1.82) is 0 Å². The lowest BCUT2D eigenvalue weighted by Gasteiger charge is -2.56. The van der Waals surface area contributed by atoms with Gasteiger partial charge in [-0.05, 0) is 80.4 Å². The van der Waals surface area contributed by atoms with Gasteiger partial charge in [-0.25, -0.2) is 0 Å². The van der Waals surface area contributed by atoms with Crippen LogP contribution in [-0.2, 0) is 32.5 Å². The summed E-state index contributed by atoms with van der Waals surface area (Å²) in [4.78, 5) is 19.5. The Bertz CT molecular complexity index is 1830. The van der Waals surface area contributed by atoms with Gasteiger partial charge < -0.3 is 39.0 Å². The number of carbonyl (C=O) groups is 1. The molecule has 10 nitrogen and oxygen atoms in total. The molecular formula is C40H49N3O7. The number of phenols is 1. The van der Waals surface area contributed by atoms with Crippen LogP contribution in [-0.4, -0.2) is 97.2 Å². The fraction of sp³-hybridized carbons (Fsp3) is 0.525. The zero-order chi connectivity index (χ0) is 34.7. The fourth-order valence-electron chi connectivity index (χ4n) is 10.6. The van der Waals surface area contributed by atoms with Crippen molar-refractivity contribution >= 4 is 17.4 Å². The van der Waals surface area contributed by atoms with E-state index in [0.29, 0.717) is 48.7 Å². The van der Waals surface area contributed by atoms with Crippen LogP contribution in [0, 0.1) is 17.8 Å². The zero-order valence-electron chi connectivity index (χ0n) is 29.4. The van der Waals surface area contributed by atoms with Crippen LogP contribution >= 0.6 is 0 Å². The lowest BCUT2D eigenvalue weighted by Crippen LogP contribution is -2.64. The third-order valence-corrected chi connectivity index (χ3v) is 12.8. The standard InChI is InChI=1S/C23H30N2O4.C17H19NO3/c1-4-15-11-25-9-8-17-22-19(6-5-7-21(22)28-3)24-23(17)20(25)10-18(15)16(12-27-2)13-29-14-26;1-18-7-6-17-10-3-5-13(20)16(17)21-15-12(19)4-2-9(14(15)17)8-11(10)18/h5-7,12,14-15,18,20,24H,4,8-11,13H2,1-3H3;2-5,10-11,13,16,19-20H,6-8H2,1H3/b16-12-;/t15-,18+,20+;10-,11+,13-,16-,17-/m10/s1. The van der Waals surface area contributed by atoms with Gasteiger partial charge in [-0.3, -0.25) is 9.69 Å². The van der Waals surface area contributed by atoms with Crippen molar-refractivity contribution in [2.45, 2.75) is 68.7 Å². The molecule has 0 radical (unpaired) electrons. The maximum absolute atomic E-state index is 10.8. The second-order valence-electron chi connectivity index (χ2n) is 14.9.